The fraction of sp³-hybridized carbons (Fsp3) is 0.875. The minimum absolute atomic E-state index is 0.0570. The molecule has 0 aromatic carbocycles. The van der Waals surface area contributed by atoms with Crippen LogP contribution in [0.1, 0.15) is 13.8 Å². The van der Waals surface area contributed by atoms with E-state index in [4.69, 9.17) is 18.9 Å². The Labute approximate surface area is 141 Å². The number of rotatable bonds is 2. The summed E-state index contributed by atoms with van der Waals surface area (Å²) in [6.45, 7) is 7.41. The van der Waals surface area contributed by atoms with Gasteiger partial charge in [-0.15, -0.1) is 0 Å². The van der Waals surface area contributed by atoms with Gasteiger partial charge in [0.05, 0.1) is 39.6 Å². The number of amides is 2. The summed E-state index contributed by atoms with van der Waals surface area (Å²) in [5, 5.41) is 0. The first-order chi connectivity index (χ1) is 11.6. The fourth-order valence-corrected chi connectivity index (χ4v) is 3.37. The van der Waals surface area contributed by atoms with Crippen molar-refractivity contribution in [3.63, 3.8) is 0 Å². The molecule has 0 radical (unpaired) electrons. The van der Waals surface area contributed by atoms with Crippen molar-refractivity contribution in [3.8, 4) is 0 Å². The molecule has 3 heterocycles. The summed E-state index contributed by atoms with van der Waals surface area (Å²) in [4.78, 5) is 28.9. The molecule has 0 saturated carbocycles. The van der Waals surface area contributed by atoms with E-state index in [1.54, 1.807) is 9.80 Å². The molecular weight excluding hydrogens is 316 g/mol. The maximum Gasteiger partial charge on any atom is 0.254 e. The van der Waals surface area contributed by atoms with Crippen LogP contribution in [0.25, 0.3) is 0 Å². The van der Waals surface area contributed by atoms with Crippen LogP contribution in [0.5, 0.6) is 0 Å². The Morgan fingerprint density at radius 3 is 1.50 bits per heavy atom. The van der Waals surface area contributed by atoms with Gasteiger partial charge in [-0.2, -0.15) is 0 Å². The van der Waals surface area contributed by atoms with Crippen LogP contribution in [0, 0.1) is 0 Å². The van der Waals surface area contributed by atoms with Crippen molar-refractivity contribution in [2.24, 2.45) is 0 Å². The number of carbonyl (C=O) groups excluding carboxylic acids is 2. The van der Waals surface area contributed by atoms with Crippen molar-refractivity contribution in [2.45, 2.75) is 38.1 Å². The van der Waals surface area contributed by atoms with E-state index in [0.717, 1.165) is 0 Å². The van der Waals surface area contributed by atoms with E-state index >= 15 is 0 Å². The number of piperazine rings is 1. The van der Waals surface area contributed by atoms with Crippen LogP contribution < -0.4 is 0 Å². The third-order valence-corrected chi connectivity index (χ3v) is 4.73. The molecule has 3 aliphatic rings. The number of nitrogens with zero attached hydrogens (tertiary/aromatic N) is 2. The van der Waals surface area contributed by atoms with Gasteiger partial charge in [-0.3, -0.25) is 9.59 Å². The molecule has 3 aliphatic heterocycles. The first-order valence-corrected chi connectivity index (χ1v) is 8.57. The minimum Gasteiger partial charge on any atom is -0.376 e. The average molecular weight is 342 g/mol. The molecule has 0 aromatic heterocycles. The molecular formula is C16H26N2O6. The SMILES string of the molecule is C[C@@H]1CN(C(=O)[C@@H]2COCCO2)[C@@H](C)CN1C(=O)[C@@H]1COCCO1. The minimum atomic E-state index is -0.536. The van der Waals surface area contributed by atoms with Crippen molar-refractivity contribution < 1.29 is 28.5 Å². The summed E-state index contributed by atoms with van der Waals surface area (Å²) in [5.41, 5.74) is 0. The second-order valence-electron chi connectivity index (χ2n) is 6.55. The zero-order chi connectivity index (χ0) is 17.1. The predicted molar refractivity (Wildman–Crippen MR) is 83.5 cm³/mol. The second kappa shape index (κ2) is 7.77. The highest BCUT2D eigenvalue weighted by Crippen LogP contribution is 2.20. The van der Waals surface area contributed by atoms with Gasteiger partial charge in [0.1, 0.15) is 0 Å². The highest BCUT2D eigenvalue weighted by molar-refractivity contribution is 5.84. The molecule has 136 valence electrons. The van der Waals surface area contributed by atoms with E-state index in [9.17, 15) is 9.59 Å². The summed E-state index contributed by atoms with van der Waals surface area (Å²) >= 11 is 0. The lowest BCUT2D eigenvalue weighted by Crippen LogP contribution is -2.63. The van der Waals surface area contributed by atoms with E-state index in [1.165, 1.54) is 0 Å². The van der Waals surface area contributed by atoms with Crippen LogP contribution in [-0.2, 0) is 28.5 Å². The lowest BCUT2D eigenvalue weighted by molar-refractivity contribution is -0.171. The number of carbonyl (C=O) groups is 2. The Morgan fingerprint density at radius 1 is 0.750 bits per heavy atom. The number of hydrogen-bond donors (Lipinski definition) is 0. The molecule has 3 saturated heterocycles. The monoisotopic (exact) mass is 342 g/mol. The van der Waals surface area contributed by atoms with Crippen molar-refractivity contribution in [2.75, 3.05) is 52.7 Å². The van der Waals surface area contributed by atoms with Gasteiger partial charge in [-0.25, -0.2) is 0 Å². The van der Waals surface area contributed by atoms with Crippen molar-refractivity contribution in [3.05, 3.63) is 0 Å². The van der Waals surface area contributed by atoms with Gasteiger partial charge in [-0.1, -0.05) is 0 Å². The van der Waals surface area contributed by atoms with Crippen LogP contribution in [0.4, 0.5) is 0 Å². The van der Waals surface area contributed by atoms with Gasteiger partial charge in [0.2, 0.25) is 0 Å². The summed E-state index contributed by atoms with van der Waals surface area (Å²) in [5.74, 6) is -0.114. The summed E-state index contributed by atoms with van der Waals surface area (Å²) in [6, 6.07) is -0.152. The molecule has 2 amide bonds. The van der Waals surface area contributed by atoms with E-state index in [2.05, 4.69) is 0 Å². The molecule has 0 aliphatic carbocycles. The molecule has 0 unspecified atom stereocenters. The molecule has 8 heteroatoms. The molecule has 0 aromatic rings. The third-order valence-electron chi connectivity index (χ3n) is 4.73. The molecule has 0 bridgehead atoms. The number of ether oxygens (including phenoxy) is 4. The van der Waals surface area contributed by atoms with Gasteiger partial charge in [-0.05, 0) is 13.8 Å². The maximum absolute atomic E-state index is 12.7. The van der Waals surface area contributed by atoms with Crippen molar-refractivity contribution in [1.29, 1.82) is 0 Å². The van der Waals surface area contributed by atoms with Crippen LogP contribution >= 0.6 is 0 Å². The van der Waals surface area contributed by atoms with Gasteiger partial charge < -0.3 is 28.7 Å². The quantitative estimate of drug-likeness (QED) is 0.658. The second-order valence-corrected chi connectivity index (χ2v) is 6.55. The highest BCUT2D eigenvalue weighted by Gasteiger charge is 2.40. The fourth-order valence-electron chi connectivity index (χ4n) is 3.37. The first-order valence-electron chi connectivity index (χ1n) is 8.57. The molecule has 4 atom stereocenters. The van der Waals surface area contributed by atoms with Gasteiger partial charge >= 0.3 is 0 Å². The van der Waals surface area contributed by atoms with Crippen molar-refractivity contribution >= 4 is 11.8 Å². The zero-order valence-corrected chi connectivity index (χ0v) is 14.3. The smallest absolute Gasteiger partial charge is 0.254 e. The van der Waals surface area contributed by atoms with E-state index < -0.39 is 12.2 Å². The average Bonchev–Trinajstić information content (AvgIpc) is 2.63. The summed E-state index contributed by atoms with van der Waals surface area (Å²) < 4.78 is 21.7. The molecule has 3 fully saturated rings. The Morgan fingerprint density at radius 2 is 1.17 bits per heavy atom. The topological polar surface area (TPSA) is 77.5 Å². The van der Waals surface area contributed by atoms with Crippen molar-refractivity contribution in [1.82, 2.24) is 9.80 Å². The highest BCUT2D eigenvalue weighted by atomic mass is 16.6. The molecule has 24 heavy (non-hydrogen) atoms. The van der Waals surface area contributed by atoms with Gasteiger partial charge in [0.15, 0.2) is 12.2 Å². The molecule has 3 rings (SSSR count). The van der Waals surface area contributed by atoms with Gasteiger partial charge in [0, 0.05) is 25.2 Å². The van der Waals surface area contributed by atoms with Crippen LogP contribution in [-0.4, -0.2) is 98.6 Å². The standard InChI is InChI=1S/C16H26N2O6/c1-11-7-18(16(20)14-10-22-4-6-24-14)12(2)8-17(11)15(19)13-9-21-3-5-23-13/h11-14H,3-10H2,1-2H3/t11-,12+,13-,14-/m0/s1. The van der Waals surface area contributed by atoms with E-state index in [-0.39, 0.29) is 23.9 Å². The van der Waals surface area contributed by atoms with Crippen LogP contribution in [0.3, 0.4) is 0 Å². The first kappa shape index (κ1) is 17.6. The molecule has 0 N–H and O–H groups in total. The number of hydrogen-bond acceptors (Lipinski definition) is 6. The van der Waals surface area contributed by atoms with Crippen LogP contribution in [0.15, 0.2) is 0 Å². The molecule has 0 spiro atoms. The Bertz CT molecular complexity index is 419. The molecule has 8 nitrogen and oxygen atoms in total. The largest absolute Gasteiger partial charge is 0.376 e. The Hall–Kier alpha value is -1.22. The predicted octanol–water partition coefficient (Wildman–Crippen LogP) is -0.735. The third kappa shape index (κ3) is 3.72. The Balaban J connectivity index is 1.60. The maximum atomic E-state index is 12.7. The zero-order valence-electron chi connectivity index (χ0n) is 14.3. The van der Waals surface area contributed by atoms with E-state index in [1.807, 2.05) is 13.8 Å². The normalized spacial score (nSPS) is 34.9. The summed E-state index contributed by atoms with van der Waals surface area (Å²) in [6.07, 6.45) is -1.07. The lowest BCUT2D eigenvalue weighted by atomic mass is 10.1. The Kier molecular flexibility index (Phi) is 5.70. The summed E-state index contributed by atoms with van der Waals surface area (Å²) in [7, 11) is 0. The lowest BCUT2D eigenvalue weighted by Gasteiger charge is -2.46. The van der Waals surface area contributed by atoms with Crippen LogP contribution in [0.2, 0.25) is 0 Å². The van der Waals surface area contributed by atoms with Gasteiger partial charge in [0.25, 0.3) is 11.8 Å². The van der Waals surface area contributed by atoms with E-state index in [0.29, 0.717) is 52.7 Å².